The highest BCUT2D eigenvalue weighted by Gasteiger charge is 2.35. The van der Waals surface area contributed by atoms with Gasteiger partial charge >= 0.3 is 6.18 Å². The fraction of sp³-hybridized carbons (Fsp3) is 0.143. The maximum Gasteiger partial charge on any atom is 0.416 e. The minimum atomic E-state index is -4.45. The summed E-state index contributed by atoms with van der Waals surface area (Å²) in [5, 5.41) is 1.75. The summed E-state index contributed by atoms with van der Waals surface area (Å²) >= 11 is 0.865. The standard InChI is InChI=1S/C28H21F3N2O2S/c1-17-12-22(18(2)33(17)24-9-5-8-23(15-24)28(29,30)31)14-25-26(34)32(27(35)36-25)16-19-10-11-20-6-3-4-7-21(20)13-19/h3-15H,16H2,1-2H3/b25-14-. The quantitative estimate of drug-likeness (QED) is 0.269. The van der Waals surface area contributed by atoms with Crippen LogP contribution in [0, 0.1) is 13.8 Å². The third-order valence-corrected chi connectivity index (χ3v) is 7.12. The first kappa shape index (κ1) is 23.9. The number of alkyl halides is 3. The van der Waals surface area contributed by atoms with Gasteiger partial charge in [-0.3, -0.25) is 14.5 Å². The summed E-state index contributed by atoms with van der Waals surface area (Å²) in [6, 6.07) is 20.6. The van der Waals surface area contributed by atoms with Gasteiger partial charge in [0.15, 0.2) is 0 Å². The molecule has 0 saturated carbocycles. The number of benzene rings is 3. The number of rotatable bonds is 4. The lowest BCUT2D eigenvalue weighted by Crippen LogP contribution is -2.27. The topological polar surface area (TPSA) is 42.3 Å². The SMILES string of the molecule is Cc1cc(/C=C2\SC(=O)N(Cc3ccc4ccccc4c3)C2=O)c(C)n1-c1cccc(C(F)(F)F)c1. The number of hydrogen-bond donors (Lipinski definition) is 0. The molecule has 0 spiro atoms. The van der Waals surface area contributed by atoms with Crippen LogP contribution in [0.4, 0.5) is 18.0 Å². The van der Waals surface area contributed by atoms with Crippen LogP contribution in [0.1, 0.15) is 28.1 Å². The number of amides is 2. The molecule has 0 N–H and O–H groups in total. The molecule has 0 atom stereocenters. The van der Waals surface area contributed by atoms with Crippen LogP contribution in [-0.2, 0) is 17.5 Å². The number of fused-ring (bicyclic) bond motifs is 1. The van der Waals surface area contributed by atoms with Gasteiger partial charge < -0.3 is 4.57 Å². The van der Waals surface area contributed by atoms with Crippen molar-refractivity contribution in [2.75, 3.05) is 0 Å². The Morgan fingerprint density at radius 2 is 1.64 bits per heavy atom. The lowest BCUT2D eigenvalue weighted by molar-refractivity contribution is -0.137. The molecular formula is C28H21F3N2O2S. The summed E-state index contributed by atoms with van der Waals surface area (Å²) in [4.78, 5) is 27.3. The van der Waals surface area contributed by atoms with Gasteiger partial charge in [-0.05, 0) is 83.9 Å². The number of nitrogens with zero attached hydrogens (tertiary/aromatic N) is 2. The van der Waals surface area contributed by atoms with Gasteiger partial charge in [0.25, 0.3) is 11.1 Å². The molecule has 3 aromatic carbocycles. The van der Waals surface area contributed by atoms with Crippen molar-refractivity contribution in [2.24, 2.45) is 0 Å². The molecule has 1 aliphatic rings. The maximum absolute atomic E-state index is 13.2. The van der Waals surface area contributed by atoms with Gasteiger partial charge in [-0.2, -0.15) is 13.2 Å². The van der Waals surface area contributed by atoms with E-state index in [-0.39, 0.29) is 22.6 Å². The second-order valence-electron chi connectivity index (χ2n) is 8.66. The molecule has 5 rings (SSSR count). The Morgan fingerprint density at radius 3 is 2.39 bits per heavy atom. The average molecular weight is 507 g/mol. The molecule has 1 aromatic heterocycles. The van der Waals surface area contributed by atoms with E-state index in [9.17, 15) is 22.8 Å². The molecule has 182 valence electrons. The molecule has 2 amide bonds. The van der Waals surface area contributed by atoms with Crippen LogP contribution in [-0.4, -0.2) is 20.6 Å². The lowest BCUT2D eigenvalue weighted by atomic mass is 10.1. The number of halogens is 3. The Morgan fingerprint density at radius 1 is 0.889 bits per heavy atom. The van der Waals surface area contributed by atoms with Crippen molar-refractivity contribution in [1.82, 2.24) is 9.47 Å². The molecule has 36 heavy (non-hydrogen) atoms. The number of aromatic nitrogens is 1. The first-order valence-electron chi connectivity index (χ1n) is 11.2. The summed E-state index contributed by atoms with van der Waals surface area (Å²) in [5.74, 6) is -0.387. The molecule has 4 aromatic rings. The number of imide groups is 1. The largest absolute Gasteiger partial charge is 0.416 e. The van der Waals surface area contributed by atoms with E-state index in [0.29, 0.717) is 22.6 Å². The zero-order valence-electron chi connectivity index (χ0n) is 19.5. The Bertz CT molecular complexity index is 1550. The molecule has 2 heterocycles. The van der Waals surface area contributed by atoms with Crippen molar-refractivity contribution in [2.45, 2.75) is 26.6 Å². The molecule has 1 aliphatic heterocycles. The molecule has 0 bridgehead atoms. The third-order valence-electron chi connectivity index (χ3n) is 6.22. The van der Waals surface area contributed by atoms with Crippen LogP contribution < -0.4 is 0 Å². The van der Waals surface area contributed by atoms with Gasteiger partial charge in [0.1, 0.15) is 0 Å². The lowest BCUT2D eigenvalue weighted by Gasteiger charge is -2.13. The van der Waals surface area contributed by atoms with Crippen LogP contribution in [0.5, 0.6) is 0 Å². The van der Waals surface area contributed by atoms with Crippen molar-refractivity contribution in [3.8, 4) is 5.69 Å². The maximum atomic E-state index is 13.2. The minimum absolute atomic E-state index is 0.163. The first-order chi connectivity index (χ1) is 17.1. The summed E-state index contributed by atoms with van der Waals surface area (Å²) in [6.07, 6.45) is -2.81. The van der Waals surface area contributed by atoms with E-state index in [1.165, 1.54) is 11.0 Å². The van der Waals surface area contributed by atoms with Crippen molar-refractivity contribution in [1.29, 1.82) is 0 Å². The number of hydrogen-bond acceptors (Lipinski definition) is 3. The van der Waals surface area contributed by atoms with Crippen LogP contribution in [0.2, 0.25) is 0 Å². The Kier molecular flexibility index (Phi) is 6.00. The van der Waals surface area contributed by atoms with Crippen molar-refractivity contribution in [3.63, 3.8) is 0 Å². The minimum Gasteiger partial charge on any atom is -0.318 e. The van der Waals surface area contributed by atoms with Gasteiger partial charge in [0, 0.05) is 17.1 Å². The zero-order chi connectivity index (χ0) is 25.6. The fourth-order valence-corrected chi connectivity index (χ4v) is 5.28. The first-order valence-corrected chi connectivity index (χ1v) is 12.0. The predicted molar refractivity (Wildman–Crippen MR) is 136 cm³/mol. The molecule has 0 unspecified atom stereocenters. The van der Waals surface area contributed by atoms with E-state index in [2.05, 4.69) is 0 Å². The van der Waals surface area contributed by atoms with E-state index < -0.39 is 11.7 Å². The van der Waals surface area contributed by atoms with Gasteiger partial charge in [-0.25, -0.2) is 0 Å². The Labute approximate surface area is 210 Å². The monoisotopic (exact) mass is 506 g/mol. The van der Waals surface area contributed by atoms with E-state index in [0.717, 1.165) is 40.2 Å². The number of thioether (sulfide) groups is 1. The number of aryl methyl sites for hydroxylation is 1. The average Bonchev–Trinajstić information content (AvgIpc) is 3.27. The molecule has 1 fully saturated rings. The van der Waals surface area contributed by atoms with Gasteiger partial charge in [0.2, 0.25) is 0 Å². The molecular weight excluding hydrogens is 485 g/mol. The highest BCUT2D eigenvalue weighted by atomic mass is 32.2. The third kappa shape index (κ3) is 4.44. The summed E-state index contributed by atoms with van der Waals surface area (Å²) < 4.78 is 41.4. The van der Waals surface area contributed by atoms with Crippen LogP contribution in [0.25, 0.3) is 22.5 Å². The van der Waals surface area contributed by atoms with Crippen LogP contribution in [0.3, 0.4) is 0 Å². The molecule has 0 aliphatic carbocycles. The van der Waals surface area contributed by atoms with Gasteiger partial charge in [-0.1, -0.05) is 42.5 Å². The summed E-state index contributed by atoms with van der Waals surface area (Å²) in [5.41, 5.74) is 2.55. The van der Waals surface area contributed by atoms with Gasteiger partial charge in [0.05, 0.1) is 17.0 Å². The second-order valence-corrected chi connectivity index (χ2v) is 9.65. The van der Waals surface area contributed by atoms with E-state index in [1.54, 1.807) is 36.6 Å². The second kappa shape index (κ2) is 9.02. The normalized spacial score (nSPS) is 15.5. The predicted octanol–water partition coefficient (Wildman–Crippen LogP) is 7.50. The Balaban J connectivity index is 1.43. The van der Waals surface area contributed by atoms with Gasteiger partial charge in [-0.15, -0.1) is 0 Å². The number of carbonyl (C=O) groups is 2. The summed E-state index contributed by atoms with van der Waals surface area (Å²) in [7, 11) is 0. The Hall–Kier alpha value is -3.78. The molecule has 8 heteroatoms. The molecule has 4 nitrogen and oxygen atoms in total. The highest BCUT2D eigenvalue weighted by Crippen LogP contribution is 2.36. The van der Waals surface area contributed by atoms with Crippen LogP contribution >= 0.6 is 11.8 Å². The summed E-state index contributed by atoms with van der Waals surface area (Å²) in [6.45, 7) is 3.73. The van der Waals surface area contributed by atoms with Crippen molar-refractivity contribution >= 4 is 39.8 Å². The number of carbonyl (C=O) groups excluding carboxylic acids is 2. The van der Waals surface area contributed by atoms with Crippen molar-refractivity contribution < 1.29 is 22.8 Å². The van der Waals surface area contributed by atoms with Crippen LogP contribution in [0.15, 0.2) is 77.7 Å². The fourth-order valence-electron chi connectivity index (χ4n) is 4.45. The zero-order valence-corrected chi connectivity index (χ0v) is 20.3. The van der Waals surface area contributed by atoms with Crippen molar-refractivity contribution in [3.05, 3.63) is 106 Å². The smallest absolute Gasteiger partial charge is 0.318 e. The molecule has 0 radical (unpaired) electrons. The van der Waals surface area contributed by atoms with E-state index >= 15 is 0 Å². The van der Waals surface area contributed by atoms with E-state index in [4.69, 9.17) is 0 Å². The van der Waals surface area contributed by atoms with E-state index in [1.807, 2.05) is 42.5 Å². The molecule has 1 saturated heterocycles. The highest BCUT2D eigenvalue weighted by molar-refractivity contribution is 8.18.